The molecule has 2 aromatic rings. The SMILES string of the molecule is COc1ccnc(N(C)C(C)c2cnn(C)c2)n1. The number of hydrogen-bond acceptors (Lipinski definition) is 5. The topological polar surface area (TPSA) is 56.1 Å². The van der Waals surface area contributed by atoms with E-state index in [9.17, 15) is 0 Å². The van der Waals surface area contributed by atoms with Crippen molar-refractivity contribution in [2.75, 3.05) is 19.1 Å². The fourth-order valence-electron chi connectivity index (χ4n) is 1.67. The van der Waals surface area contributed by atoms with Crippen LogP contribution in [0.2, 0.25) is 0 Å². The van der Waals surface area contributed by atoms with Crippen LogP contribution in [0.15, 0.2) is 24.7 Å². The zero-order valence-electron chi connectivity index (χ0n) is 11.0. The molecule has 0 aromatic carbocycles. The molecule has 0 saturated carbocycles. The van der Waals surface area contributed by atoms with Crippen LogP contribution in [-0.2, 0) is 7.05 Å². The lowest BCUT2D eigenvalue weighted by molar-refractivity contribution is 0.396. The molecule has 0 bridgehead atoms. The van der Waals surface area contributed by atoms with Crippen molar-refractivity contribution in [3.05, 3.63) is 30.2 Å². The minimum Gasteiger partial charge on any atom is -0.481 e. The molecule has 1 unspecified atom stereocenters. The Morgan fingerprint density at radius 3 is 2.83 bits per heavy atom. The molecule has 96 valence electrons. The van der Waals surface area contributed by atoms with E-state index >= 15 is 0 Å². The number of rotatable bonds is 4. The Balaban J connectivity index is 2.22. The Morgan fingerprint density at radius 2 is 2.22 bits per heavy atom. The van der Waals surface area contributed by atoms with Gasteiger partial charge in [-0.15, -0.1) is 0 Å². The summed E-state index contributed by atoms with van der Waals surface area (Å²) >= 11 is 0. The van der Waals surface area contributed by atoms with Gasteiger partial charge in [0.25, 0.3) is 0 Å². The molecule has 0 amide bonds. The van der Waals surface area contributed by atoms with Crippen LogP contribution in [0.1, 0.15) is 18.5 Å². The summed E-state index contributed by atoms with van der Waals surface area (Å²) in [6.07, 6.45) is 5.52. The third kappa shape index (κ3) is 2.42. The molecular formula is C12H17N5O. The lowest BCUT2D eigenvalue weighted by atomic mass is 10.2. The van der Waals surface area contributed by atoms with Gasteiger partial charge in [0.15, 0.2) is 0 Å². The van der Waals surface area contributed by atoms with Crippen LogP contribution >= 0.6 is 0 Å². The lowest BCUT2D eigenvalue weighted by Crippen LogP contribution is -2.23. The van der Waals surface area contributed by atoms with E-state index in [2.05, 4.69) is 22.0 Å². The van der Waals surface area contributed by atoms with Gasteiger partial charge in [0.1, 0.15) is 0 Å². The summed E-state index contributed by atoms with van der Waals surface area (Å²) in [6, 6.07) is 1.87. The minimum absolute atomic E-state index is 0.144. The van der Waals surface area contributed by atoms with E-state index in [-0.39, 0.29) is 6.04 Å². The third-order valence-corrected chi connectivity index (χ3v) is 2.93. The molecule has 0 N–H and O–H groups in total. The second kappa shape index (κ2) is 5.03. The standard InChI is InChI=1S/C12H17N5O/c1-9(10-7-14-16(2)8-10)17(3)12-13-6-5-11(15-12)18-4/h5-9H,1-4H3. The highest BCUT2D eigenvalue weighted by Gasteiger charge is 2.16. The van der Waals surface area contributed by atoms with Gasteiger partial charge in [-0.3, -0.25) is 4.68 Å². The highest BCUT2D eigenvalue weighted by molar-refractivity contribution is 5.35. The van der Waals surface area contributed by atoms with Crippen LogP contribution in [-0.4, -0.2) is 33.9 Å². The summed E-state index contributed by atoms with van der Waals surface area (Å²) in [5.41, 5.74) is 1.12. The Hall–Kier alpha value is -2.11. The maximum absolute atomic E-state index is 5.10. The van der Waals surface area contributed by atoms with Gasteiger partial charge < -0.3 is 9.64 Å². The predicted molar refractivity (Wildman–Crippen MR) is 68.6 cm³/mol. The fourth-order valence-corrected chi connectivity index (χ4v) is 1.67. The fraction of sp³-hybridized carbons (Fsp3) is 0.417. The summed E-state index contributed by atoms with van der Waals surface area (Å²) in [4.78, 5) is 10.5. The van der Waals surface area contributed by atoms with Crippen molar-refractivity contribution in [3.8, 4) is 5.88 Å². The molecule has 6 nitrogen and oxygen atoms in total. The molecule has 2 rings (SSSR count). The van der Waals surface area contributed by atoms with Crippen LogP contribution in [0.25, 0.3) is 0 Å². The molecule has 0 radical (unpaired) electrons. The number of aromatic nitrogens is 4. The van der Waals surface area contributed by atoms with Crippen molar-refractivity contribution in [3.63, 3.8) is 0 Å². The van der Waals surface area contributed by atoms with E-state index in [0.29, 0.717) is 11.8 Å². The van der Waals surface area contributed by atoms with Gasteiger partial charge in [-0.25, -0.2) is 4.98 Å². The van der Waals surface area contributed by atoms with E-state index in [0.717, 1.165) is 5.56 Å². The van der Waals surface area contributed by atoms with Crippen LogP contribution in [0.5, 0.6) is 5.88 Å². The van der Waals surface area contributed by atoms with E-state index in [1.807, 2.05) is 31.4 Å². The Morgan fingerprint density at radius 1 is 1.44 bits per heavy atom. The molecule has 0 fully saturated rings. The smallest absolute Gasteiger partial charge is 0.228 e. The first kappa shape index (κ1) is 12.3. The van der Waals surface area contributed by atoms with Crippen molar-refractivity contribution < 1.29 is 4.74 Å². The van der Waals surface area contributed by atoms with Crippen molar-refractivity contribution in [1.82, 2.24) is 19.7 Å². The molecule has 6 heteroatoms. The highest BCUT2D eigenvalue weighted by Crippen LogP contribution is 2.22. The molecule has 0 aliphatic rings. The Kier molecular flexibility index (Phi) is 3.45. The quantitative estimate of drug-likeness (QED) is 0.817. The van der Waals surface area contributed by atoms with Gasteiger partial charge in [-0.05, 0) is 6.92 Å². The molecule has 1 atom stereocenters. The zero-order chi connectivity index (χ0) is 13.1. The lowest BCUT2D eigenvalue weighted by Gasteiger charge is -2.23. The van der Waals surface area contributed by atoms with E-state index in [4.69, 9.17) is 4.74 Å². The molecule has 18 heavy (non-hydrogen) atoms. The zero-order valence-corrected chi connectivity index (χ0v) is 11.0. The molecule has 0 aliphatic heterocycles. The van der Waals surface area contributed by atoms with Crippen molar-refractivity contribution in [2.45, 2.75) is 13.0 Å². The minimum atomic E-state index is 0.144. The van der Waals surface area contributed by atoms with Crippen molar-refractivity contribution in [2.24, 2.45) is 7.05 Å². The first-order chi connectivity index (χ1) is 8.61. The predicted octanol–water partition coefficient (Wildman–Crippen LogP) is 1.42. The molecule has 0 saturated heterocycles. The summed E-state index contributed by atoms with van der Waals surface area (Å²) in [5.74, 6) is 1.19. The van der Waals surface area contributed by atoms with Gasteiger partial charge in [-0.1, -0.05) is 0 Å². The Labute approximate surface area is 106 Å². The molecule has 0 spiro atoms. The van der Waals surface area contributed by atoms with Crippen LogP contribution in [0, 0.1) is 0 Å². The molecular weight excluding hydrogens is 230 g/mol. The first-order valence-electron chi connectivity index (χ1n) is 5.70. The van der Waals surface area contributed by atoms with Crippen LogP contribution < -0.4 is 9.64 Å². The van der Waals surface area contributed by atoms with Crippen molar-refractivity contribution >= 4 is 5.95 Å². The summed E-state index contributed by atoms with van der Waals surface area (Å²) < 4.78 is 6.88. The average Bonchev–Trinajstić information content (AvgIpc) is 2.83. The van der Waals surface area contributed by atoms with E-state index in [1.165, 1.54) is 0 Å². The second-order valence-electron chi connectivity index (χ2n) is 4.13. The molecule has 2 aromatic heterocycles. The largest absolute Gasteiger partial charge is 0.481 e. The van der Waals surface area contributed by atoms with Crippen LogP contribution in [0.4, 0.5) is 5.95 Å². The van der Waals surface area contributed by atoms with Crippen molar-refractivity contribution in [1.29, 1.82) is 0 Å². The normalized spacial score (nSPS) is 12.2. The number of nitrogens with zero attached hydrogens (tertiary/aromatic N) is 5. The number of ether oxygens (including phenoxy) is 1. The molecule has 2 heterocycles. The van der Waals surface area contributed by atoms with Gasteiger partial charge >= 0.3 is 0 Å². The number of methoxy groups -OCH3 is 1. The maximum Gasteiger partial charge on any atom is 0.228 e. The second-order valence-corrected chi connectivity index (χ2v) is 4.13. The number of anilines is 1. The molecule has 0 aliphatic carbocycles. The third-order valence-electron chi connectivity index (χ3n) is 2.93. The number of aryl methyl sites for hydroxylation is 1. The number of hydrogen-bond donors (Lipinski definition) is 0. The van der Waals surface area contributed by atoms with Crippen LogP contribution in [0.3, 0.4) is 0 Å². The summed E-state index contributed by atoms with van der Waals surface area (Å²) in [5, 5.41) is 4.17. The van der Waals surface area contributed by atoms with E-state index in [1.54, 1.807) is 24.1 Å². The van der Waals surface area contributed by atoms with Gasteiger partial charge in [0.05, 0.1) is 19.3 Å². The first-order valence-corrected chi connectivity index (χ1v) is 5.70. The maximum atomic E-state index is 5.10. The average molecular weight is 247 g/mol. The summed E-state index contributed by atoms with van der Waals surface area (Å²) in [7, 11) is 5.45. The highest BCUT2D eigenvalue weighted by atomic mass is 16.5. The monoisotopic (exact) mass is 247 g/mol. The Bertz CT molecular complexity index is 525. The van der Waals surface area contributed by atoms with E-state index < -0.39 is 0 Å². The van der Waals surface area contributed by atoms with Gasteiger partial charge in [0.2, 0.25) is 11.8 Å². The van der Waals surface area contributed by atoms with Gasteiger partial charge in [-0.2, -0.15) is 10.1 Å². The summed E-state index contributed by atoms with van der Waals surface area (Å²) in [6.45, 7) is 2.08. The van der Waals surface area contributed by atoms with Gasteiger partial charge in [0, 0.05) is 38.1 Å².